The van der Waals surface area contributed by atoms with Crippen molar-refractivity contribution in [1.82, 2.24) is 9.97 Å². The van der Waals surface area contributed by atoms with Crippen molar-refractivity contribution >= 4 is 17.0 Å². The van der Waals surface area contributed by atoms with Gasteiger partial charge in [0.1, 0.15) is 0 Å². The number of carbonyl (C=O) groups is 1. The zero-order chi connectivity index (χ0) is 15.6. The van der Waals surface area contributed by atoms with Crippen molar-refractivity contribution in [2.75, 3.05) is 7.11 Å². The highest BCUT2D eigenvalue weighted by Crippen LogP contribution is 2.32. The van der Waals surface area contributed by atoms with Crippen LogP contribution in [0.1, 0.15) is 38.3 Å². The van der Waals surface area contributed by atoms with Crippen LogP contribution < -0.4 is 11.4 Å². The Morgan fingerprint density at radius 1 is 1.33 bits per heavy atom. The van der Waals surface area contributed by atoms with Gasteiger partial charge in [-0.05, 0) is 29.5 Å². The molecule has 0 aliphatic heterocycles. The molecule has 0 fully saturated rings. The molecule has 0 spiro atoms. The number of rotatable bonds is 5. The van der Waals surface area contributed by atoms with E-state index in [4.69, 9.17) is 10.5 Å². The molecule has 6 nitrogen and oxygen atoms in total. The SMILES string of the molecule is COC(=O)CC(C)(C)CC(N)c1ccc2[nH]c(=O)[nH]c2c1. The standard InChI is InChI=1S/C15H21N3O3/c1-15(2,8-13(19)21-3)7-10(16)9-4-5-11-12(6-9)18-14(20)17-11/h4-6,10H,7-8,16H2,1-3H3,(H2,17,18,20). The van der Waals surface area contributed by atoms with Gasteiger partial charge in [-0.15, -0.1) is 0 Å². The Kier molecular flexibility index (Phi) is 4.18. The van der Waals surface area contributed by atoms with Crippen molar-refractivity contribution in [1.29, 1.82) is 0 Å². The molecule has 1 aromatic heterocycles. The van der Waals surface area contributed by atoms with Gasteiger partial charge < -0.3 is 20.4 Å². The number of esters is 1. The second-order valence-electron chi connectivity index (χ2n) is 6.11. The Morgan fingerprint density at radius 2 is 2.00 bits per heavy atom. The summed E-state index contributed by atoms with van der Waals surface area (Å²) in [6.45, 7) is 3.97. The Morgan fingerprint density at radius 3 is 2.67 bits per heavy atom. The first-order chi connectivity index (χ1) is 9.80. The maximum Gasteiger partial charge on any atom is 0.323 e. The van der Waals surface area contributed by atoms with Gasteiger partial charge in [0.2, 0.25) is 0 Å². The third-order valence-corrected chi connectivity index (χ3v) is 3.59. The molecule has 0 aliphatic carbocycles. The number of ether oxygens (including phenoxy) is 1. The number of aromatic amines is 2. The van der Waals surface area contributed by atoms with Gasteiger partial charge in [-0.3, -0.25) is 4.79 Å². The monoisotopic (exact) mass is 291 g/mol. The Hall–Kier alpha value is -2.08. The fourth-order valence-corrected chi connectivity index (χ4v) is 2.53. The first-order valence-electron chi connectivity index (χ1n) is 6.85. The van der Waals surface area contributed by atoms with Crippen molar-refractivity contribution in [2.45, 2.75) is 32.7 Å². The summed E-state index contributed by atoms with van der Waals surface area (Å²) in [5.41, 5.74) is 8.17. The molecule has 1 unspecified atom stereocenters. The maximum atomic E-state index is 11.4. The number of fused-ring (bicyclic) bond motifs is 1. The number of imidazole rings is 1. The molecule has 1 heterocycles. The van der Waals surface area contributed by atoms with Gasteiger partial charge >= 0.3 is 11.7 Å². The summed E-state index contributed by atoms with van der Waals surface area (Å²) in [5.74, 6) is -0.238. The first kappa shape index (κ1) is 15.3. The Bertz CT molecular complexity index is 699. The molecule has 0 amide bonds. The lowest BCUT2D eigenvalue weighted by molar-refractivity contribution is -0.143. The number of carbonyl (C=O) groups excluding carboxylic acids is 1. The van der Waals surface area contributed by atoms with Gasteiger partial charge in [0.25, 0.3) is 0 Å². The lowest BCUT2D eigenvalue weighted by atomic mass is 9.81. The molecular weight excluding hydrogens is 270 g/mol. The van der Waals surface area contributed by atoms with Crippen LogP contribution >= 0.6 is 0 Å². The van der Waals surface area contributed by atoms with E-state index in [1.54, 1.807) is 0 Å². The van der Waals surface area contributed by atoms with Crippen LogP contribution in [0.15, 0.2) is 23.0 Å². The van der Waals surface area contributed by atoms with Gasteiger partial charge in [0.15, 0.2) is 0 Å². The summed E-state index contributed by atoms with van der Waals surface area (Å²) in [4.78, 5) is 28.1. The number of nitrogens with one attached hydrogen (secondary N) is 2. The Balaban J connectivity index is 2.15. The fraction of sp³-hybridized carbons (Fsp3) is 0.467. The summed E-state index contributed by atoms with van der Waals surface area (Å²) in [6.07, 6.45) is 0.961. The highest BCUT2D eigenvalue weighted by Gasteiger charge is 2.26. The summed E-state index contributed by atoms with van der Waals surface area (Å²) in [7, 11) is 1.38. The minimum absolute atomic E-state index is 0.215. The number of benzene rings is 1. The molecule has 4 N–H and O–H groups in total. The van der Waals surface area contributed by atoms with E-state index in [-0.39, 0.29) is 23.1 Å². The summed E-state index contributed by atoms with van der Waals surface area (Å²) >= 11 is 0. The summed E-state index contributed by atoms with van der Waals surface area (Å²) in [5, 5.41) is 0. The largest absolute Gasteiger partial charge is 0.469 e. The number of methoxy groups -OCH3 is 1. The smallest absolute Gasteiger partial charge is 0.323 e. The fourth-order valence-electron chi connectivity index (χ4n) is 2.53. The predicted molar refractivity (Wildman–Crippen MR) is 80.9 cm³/mol. The van der Waals surface area contributed by atoms with E-state index in [2.05, 4.69) is 9.97 Å². The molecule has 2 aromatic rings. The van der Waals surface area contributed by atoms with Crippen LogP contribution in [0.4, 0.5) is 0 Å². The average Bonchev–Trinajstić information content (AvgIpc) is 2.76. The van der Waals surface area contributed by atoms with Crippen LogP contribution in [-0.4, -0.2) is 23.0 Å². The van der Waals surface area contributed by atoms with Gasteiger partial charge in [-0.2, -0.15) is 0 Å². The molecule has 0 radical (unpaired) electrons. The van der Waals surface area contributed by atoms with E-state index in [0.29, 0.717) is 12.8 Å². The number of hydrogen-bond acceptors (Lipinski definition) is 4. The van der Waals surface area contributed by atoms with Crippen molar-refractivity contribution in [3.63, 3.8) is 0 Å². The maximum absolute atomic E-state index is 11.4. The third-order valence-electron chi connectivity index (χ3n) is 3.59. The predicted octanol–water partition coefficient (Wildman–Crippen LogP) is 1.84. The molecule has 0 saturated heterocycles. The lowest BCUT2D eigenvalue weighted by Gasteiger charge is -2.27. The van der Waals surface area contributed by atoms with Crippen LogP contribution in [0.5, 0.6) is 0 Å². The third kappa shape index (κ3) is 3.72. The van der Waals surface area contributed by atoms with E-state index in [1.807, 2.05) is 32.0 Å². The second kappa shape index (κ2) is 5.73. The highest BCUT2D eigenvalue weighted by molar-refractivity contribution is 5.75. The van der Waals surface area contributed by atoms with Crippen molar-refractivity contribution in [3.8, 4) is 0 Å². The number of H-pyrrole nitrogens is 2. The summed E-state index contributed by atoms with van der Waals surface area (Å²) in [6, 6.07) is 5.37. The number of nitrogens with two attached hydrogens (primary N) is 1. The van der Waals surface area contributed by atoms with Crippen LogP contribution in [0.2, 0.25) is 0 Å². The van der Waals surface area contributed by atoms with Crippen LogP contribution in [0.25, 0.3) is 11.0 Å². The van der Waals surface area contributed by atoms with Gasteiger partial charge in [0.05, 0.1) is 24.6 Å². The van der Waals surface area contributed by atoms with E-state index in [9.17, 15) is 9.59 Å². The van der Waals surface area contributed by atoms with Gasteiger partial charge in [-0.25, -0.2) is 4.79 Å². The Labute approximate surface area is 122 Å². The lowest BCUT2D eigenvalue weighted by Crippen LogP contribution is -2.24. The first-order valence-corrected chi connectivity index (χ1v) is 6.85. The molecule has 0 bridgehead atoms. The van der Waals surface area contributed by atoms with Crippen molar-refractivity contribution in [3.05, 3.63) is 34.2 Å². The van der Waals surface area contributed by atoms with E-state index in [0.717, 1.165) is 16.6 Å². The average molecular weight is 291 g/mol. The zero-order valence-corrected chi connectivity index (χ0v) is 12.5. The molecule has 0 aliphatic rings. The quantitative estimate of drug-likeness (QED) is 0.731. The van der Waals surface area contributed by atoms with E-state index < -0.39 is 0 Å². The van der Waals surface area contributed by atoms with Crippen LogP contribution in [0, 0.1) is 5.41 Å². The normalized spacial score (nSPS) is 13.3. The topological polar surface area (TPSA) is 101 Å². The van der Waals surface area contributed by atoms with Gasteiger partial charge in [0, 0.05) is 6.04 Å². The van der Waals surface area contributed by atoms with Crippen molar-refractivity contribution < 1.29 is 9.53 Å². The molecule has 0 saturated carbocycles. The second-order valence-corrected chi connectivity index (χ2v) is 6.11. The molecule has 21 heavy (non-hydrogen) atoms. The molecular formula is C15H21N3O3. The summed E-state index contributed by atoms with van der Waals surface area (Å²) < 4.78 is 4.71. The highest BCUT2D eigenvalue weighted by atomic mass is 16.5. The minimum Gasteiger partial charge on any atom is -0.469 e. The molecule has 1 aromatic carbocycles. The molecule has 2 rings (SSSR count). The zero-order valence-electron chi connectivity index (χ0n) is 12.5. The van der Waals surface area contributed by atoms with Crippen LogP contribution in [-0.2, 0) is 9.53 Å². The van der Waals surface area contributed by atoms with Crippen molar-refractivity contribution in [2.24, 2.45) is 11.1 Å². The van der Waals surface area contributed by atoms with Gasteiger partial charge in [-0.1, -0.05) is 19.9 Å². The van der Waals surface area contributed by atoms with Crippen LogP contribution in [0.3, 0.4) is 0 Å². The molecule has 6 heteroatoms. The van der Waals surface area contributed by atoms with E-state index >= 15 is 0 Å². The number of hydrogen-bond donors (Lipinski definition) is 3. The minimum atomic E-state index is -0.257. The molecule has 1 atom stereocenters. The number of aromatic nitrogens is 2. The van der Waals surface area contributed by atoms with E-state index in [1.165, 1.54) is 7.11 Å². The molecule has 114 valence electrons.